The molecule has 0 saturated carbocycles. The van der Waals surface area contributed by atoms with Gasteiger partial charge in [0, 0.05) is 13.7 Å². The van der Waals surface area contributed by atoms with Gasteiger partial charge in [-0.1, -0.05) is 50.0 Å². The van der Waals surface area contributed by atoms with Gasteiger partial charge < -0.3 is 4.74 Å². The quantitative estimate of drug-likeness (QED) is 0.575. The van der Waals surface area contributed by atoms with E-state index in [9.17, 15) is 0 Å². The van der Waals surface area contributed by atoms with Gasteiger partial charge in [-0.15, -0.1) is 0 Å². The summed E-state index contributed by atoms with van der Waals surface area (Å²) in [6, 6.07) is 10.6. The summed E-state index contributed by atoms with van der Waals surface area (Å²) in [5.74, 6) is 0. The van der Waals surface area contributed by atoms with Gasteiger partial charge in [-0.2, -0.15) is 0 Å². The first kappa shape index (κ1) is 13.4. The molecule has 90 valence electrons. The van der Waals surface area contributed by atoms with E-state index in [1.807, 2.05) is 0 Å². The van der Waals surface area contributed by atoms with Crippen molar-refractivity contribution in [3.05, 3.63) is 35.9 Å². The lowest BCUT2D eigenvalue weighted by atomic mass is 10.2. The third kappa shape index (κ3) is 3.74. The summed E-state index contributed by atoms with van der Waals surface area (Å²) in [6.07, 6.45) is 0.187. The monoisotopic (exact) mass is 237 g/mol. The highest BCUT2D eigenvalue weighted by atomic mass is 28.3. The summed E-state index contributed by atoms with van der Waals surface area (Å²) in [5.41, 5.74) is 1.36. The fourth-order valence-electron chi connectivity index (χ4n) is 1.82. The molecule has 0 amide bonds. The lowest BCUT2D eigenvalue weighted by molar-refractivity contribution is 0.0203. The van der Waals surface area contributed by atoms with Crippen molar-refractivity contribution < 1.29 is 4.74 Å². The maximum Gasteiger partial charge on any atom is 0.122 e. The summed E-state index contributed by atoms with van der Waals surface area (Å²) in [7, 11) is 0.435. The van der Waals surface area contributed by atoms with E-state index in [4.69, 9.17) is 4.74 Å². The van der Waals surface area contributed by atoms with Crippen LogP contribution in [0.15, 0.2) is 30.3 Å². The van der Waals surface area contributed by atoms with Gasteiger partial charge in [-0.25, -0.2) is 0 Å². The van der Waals surface area contributed by atoms with Crippen molar-refractivity contribution in [2.75, 3.05) is 7.11 Å². The van der Waals surface area contributed by atoms with Gasteiger partial charge in [-0.3, -0.25) is 4.57 Å². The molecule has 0 heterocycles. The molecule has 0 aliphatic rings. The van der Waals surface area contributed by atoms with Gasteiger partial charge in [0.15, 0.2) is 0 Å². The van der Waals surface area contributed by atoms with E-state index in [2.05, 4.69) is 61.5 Å². The molecular weight excluding hydrogens is 214 g/mol. The fourth-order valence-corrected chi connectivity index (χ4v) is 3.67. The van der Waals surface area contributed by atoms with Gasteiger partial charge in [0.25, 0.3) is 0 Å². The van der Waals surface area contributed by atoms with Gasteiger partial charge in [0.2, 0.25) is 0 Å². The lowest BCUT2D eigenvalue weighted by Gasteiger charge is -2.38. The molecule has 0 radical (unpaired) electrons. The van der Waals surface area contributed by atoms with Crippen molar-refractivity contribution >= 4 is 8.24 Å². The Labute approximate surface area is 100 Å². The predicted molar refractivity (Wildman–Crippen MR) is 71.8 cm³/mol. The largest absolute Gasteiger partial charge is 0.367 e. The molecule has 16 heavy (non-hydrogen) atoms. The third-order valence-corrected chi connectivity index (χ3v) is 5.08. The van der Waals surface area contributed by atoms with Gasteiger partial charge in [0.1, 0.15) is 14.5 Å². The summed E-state index contributed by atoms with van der Waals surface area (Å²) in [6.45, 7) is 10.2. The maximum absolute atomic E-state index is 5.47. The van der Waals surface area contributed by atoms with Crippen molar-refractivity contribution in [2.24, 2.45) is 0 Å². The molecule has 2 nitrogen and oxygen atoms in total. The third-order valence-electron chi connectivity index (χ3n) is 2.84. The van der Waals surface area contributed by atoms with Crippen LogP contribution < -0.4 is 0 Å². The Morgan fingerprint density at radius 3 is 2.19 bits per heavy atom. The van der Waals surface area contributed by atoms with Crippen LogP contribution in [-0.2, 0) is 11.3 Å². The Bertz CT molecular complexity index is 307. The molecule has 1 unspecified atom stereocenters. The average Bonchev–Trinajstić information content (AvgIpc) is 2.25. The number of methoxy groups -OCH3 is 1. The molecule has 1 aromatic carbocycles. The highest BCUT2D eigenvalue weighted by molar-refractivity contribution is 6.73. The Morgan fingerprint density at radius 1 is 1.19 bits per heavy atom. The Kier molecular flexibility index (Phi) is 4.71. The van der Waals surface area contributed by atoms with Crippen molar-refractivity contribution in [1.29, 1.82) is 0 Å². The summed E-state index contributed by atoms with van der Waals surface area (Å²) in [5, 5.41) is 0. The molecule has 0 spiro atoms. The minimum atomic E-state index is -1.35. The molecule has 0 N–H and O–H groups in total. The van der Waals surface area contributed by atoms with Crippen LogP contribution in [0.2, 0.25) is 19.6 Å². The van der Waals surface area contributed by atoms with E-state index in [1.165, 1.54) is 5.56 Å². The van der Waals surface area contributed by atoms with Crippen LogP contribution >= 0.6 is 0 Å². The summed E-state index contributed by atoms with van der Waals surface area (Å²) in [4.78, 5) is 0. The SMILES string of the molecule is COC(C)N(Cc1ccccc1)[Si](C)(C)C. The van der Waals surface area contributed by atoms with Crippen molar-refractivity contribution in [3.63, 3.8) is 0 Å². The van der Waals surface area contributed by atoms with E-state index in [-0.39, 0.29) is 6.23 Å². The lowest BCUT2D eigenvalue weighted by Crippen LogP contribution is -2.50. The minimum absolute atomic E-state index is 0.187. The Morgan fingerprint density at radius 2 is 1.75 bits per heavy atom. The maximum atomic E-state index is 5.47. The molecule has 0 aliphatic heterocycles. The van der Waals surface area contributed by atoms with Crippen molar-refractivity contribution in [3.8, 4) is 0 Å². The van der Waals surface area contributed by atoms with Gasteiger partial charge in [0.05, 0.1) is 0 Å². The molecular formula is C13H23NOSi. The van der Waals surface area contributed by atoms with Crippen molar-refractivity contribution in [2.45, 2.75) is 39.3 Å². The second-order valence-corrected chi connectivity index (χ2v) is 10.0. The average molecular weight is 237 g/mol. The molecule has 0 fully saturated rings. The second-order valence-electron chi connectivity index (χ2n) is 5.12. The summed E-state index contributed by atoms with van der Waals surface area (Å²) >= 11 is 0. The number of hydrogen-bond donors (Lipinski definition) is 0. The Balaban J connectivity index is 2.80. The van der Waals surface area contributed by atoms with Crippen molar-refractivity contribution in [1.82, 2.24) is 4.57 Å². The van der Waals surface area contributed by atoms with Crippen LogP contribution in [0.1, 0.15) is 12.5 Å². The zero-order valence-electron chi connectivity index (χ0n) is 11.0. The first-order chi connectivity index (χ1) is 7.45. The standard InChI is InChI=1S/C13H23NOSi/c1-12(15-2)14(16(3,4)5)11-13-9-7-6-8-10-13/h6-10,12H,11H2,1-5H3. The Hall–Kier alpha value is -0.643. The van der Waals surface area contributed by atoms with Gasteiger partial charge >= 0.3 is 0 Å². The fraction of sp³-hybridized carbons (Fsp3) is 0.538. The molecule has 3 heteroatoms. The highest BCUT2D eigenvalue weighted by Gasteiger charge is 2.28. The molecule has 1 atom stereocenters. The first-order valence-electron chi connectivity index (χ1n) is 5.78. The number of hydrogen-bond acceptors (Lipinski definition) is 2. The van der Waals surface area contributed by atoms with Crippen LogP contribution in [0.25, 0.3) is 0 Å². The van der Waals surface area contributed by atoms with E-state index < -0.39 is 8.24 Å². The van der Waals surface area contributed by atoms with E-state index in [0.717, 1.165) is 6.54 Å². The predicted octanol–water partition coefficient (Wildman–Crippen LogP) is 3.32. The van der Waals surface area contributed by atoms with Crippen LogP contribution in [0.3, 0.4) is 0 Å². The summed E-state index contributed by atoms with van der Waals surface area (Å²) < 4.78 is 7.96. The molecule has 0 bridgehead atoms. The normalized spacial score (nSPS) is 14.1. The second kappa shape index (κ2) is 5.62. The van der Waals surface area contributed by atoms with Crippen LogP contribution in [-0.4, -0.2) is 26.1 Å². The molecule has 0 aromatic heterocycles. The topological polar surface area (TPSA) is 12.5 Å². The first-order valence-corrected chi connectivity index (χ1v) is 9.23. The number of rotatable bonds is 5. The zero-order valence-corrected chi connectivity index (χ0v) is 12.0. The van der Waals surface area contributed by atoms with E-state index >= 15 is 0 Å². The van der Waals surface area contributed by atoms with Gasteiger partial charge in [-0.05, 0) is 12.5 Å². The van der Waals surface area contributed by atoms with E-state index in [1.54, 1.807) is 7.11 Å². The zero-order chi connectivity index (χ0) is 12.2. The molecule has 0 saturated heterocycles. The van der Waals surface area contributed by atoms with Crippen LogP contribution in [0, 0.1) is 0 Å². The molecule has 1 rings (SSSR count). The number of ether oxygens (including phenoxy) is 1. The smallest absolute Gasteiger partial charge is 0.122 e. The number of benzene rings is 1. The molecule has 0 aliphatic carbocycles. The molecule has 1 aromatic rings. The highest BCUT2D eigenvalue weighted by Crippen LogP contribution is 2.18. The number of nitrogens with zero attached hydrogens (tertiary/aromatic N) is 1. The van der Waals surface area contributed by atoms with E-state index in [0.29, 0.717) is 0 Å². The van der Waals surface area contributed by atoms with Crippen LogP contribution in [0.5, 0.6) is 0 Å². The van der Waals surface area contributed by atoms with Crippen LogP contribution in [0.4, 0.5) is 0 Å². The minimum Gasteiger partial charge on any atom is -0.367 e.